The van der Waals surface area contributed by atoms with Gasteiger partial charge in [-0.3, -0.25) is 23.1 Å². The maximum atomic E-state index is 12.8. The number of likely N-dealkylation sites (N-methyl/N-ethyl adjacent to an activating group) is 4. The molecule has 0 amide bonds. The van der Waals surface area contributed by atoms with Crippen LogP contribution in [0.5, 0.6) is 0 Å². The van der Waals surface area contributed by atoms with Crippen molar-refractivity contribution in [2.75, 3.05) is 67.5 Å². The monoisotopic (exact) mass is 414 g/mol. The number of hydrogen-bond donors (Lipinski definition) is 1. The van der Waals surface area contributed by atoms with Crippen LogP contribution >= 0.6 is 0 Å². The van der Waals surface area contributed by atoms with E-state index < -0.39 is 27.6 Å². The largest absolute Gasteiger partial charge is 0.523 e. The van der Waals surface area contributed by atoms with Crippen molar-refractivity contribution in [3.05, 3.63) is 0 Å². The van der Waals surface area contributed by atoms with Crippen LogP contribution in [0.25, 0.3) is 0 Å². The van der Waals surface area contributed by atoms with Crippen LogP contribution in [0.1, 0.15) is 0 Å². The van der Waals surface area contributed by atoms with E-state index in [9.17, 15) is 21.6 Å². The molecule has 0 radical (unpaired) electrons. The van der Waals surface area contributed by atoms with Gasteiger partial charge < -0.3 is 0 Å². The van der Waals surface area contributed by atoms with Crippen LogP contribution in [0.15, 0.2) is 5.11 Å². The molecule has 0 aliphatic carbocycles. The molecule has 9 nitrogen and oxygen atoms in total. The molecule has 0 unspecified atom stereocenters. The quantitative estimate of drug-likeness (QED) is 0.271. The summed E-state index contributed by atoms with van der Waals surface area (Å²) in [4.78, 5) is 3.67. The Morgan fingerprint density at radius 1 is 1.11 bits per heavy atom. The van der Waals surface area contributed by atoms with E-state index in [0.29, 0.717) is 37.9 Å². The highest BCUT2D eigenvalue weighted by Gasteiger charge is 2.60. The van der Waals surface area contributed by atoms with E-state index in [1.807, 2.05) is 19.0 Å². The first kappa shape index (κ1) is 21.5. The first-order valence-electron chi connectivity index (χ1n) is 8.25. The molecule has 0 saturated heterocycles. The van der Waals surface area contributed by atoms with E-state index in [4.69, 9.17) is 5.53 Å². The smallest absolute Gasteiger partial charge is 0.263 e. The average Bonchev–Trinajstić information content (AvgIpc) is 3.06. The number of rotatable bonds is 7. The van der Waals surface area contributed by atoms with E-state index in [1.165, 1.54) is 0 Å². The Kier molecular flexibility index (Phi) is 5.85. The second-order valence-electron chi connectivity index (χ2n) is 6.89. The zero-order valence-corrected chi connectivity index (χ0v) is 16.6. The summed E-state index contributed by atoms with van der Waals surface area (Å²) in [5.74, 6) is 1.15. The molecule has 1 N–H and O–H groups in total. The predicted molar refractivity (Wildman–Crippen MR) is 90.8 cm³/mol. The molecule has 0 fully saturated rings. The lowest BCUT2D eigenvalue weighted by Crippen LogP contribution is -2.58. The lowest BCUT2D eigenvalue weighted by molar-refractivity contribution is -0.497. The number of amidine groups is 2. The molecule has 0 aromatic rings. The van der Waals surface area contributed by atoms with E-state index >= 15 is 0 Å². The van der Waals surface area contributed by atoms with Crippen molar-refractivity contribution < 1.29 is 34.9 Å². The Labute approximate surface area is 156 Å². The zero-order valence-electron chi connectivity index (χ0n) is 15.7. The minimum absolute atomic E-state index is 0.242. The number of nitrogens with one attached hydrogen (secondary N) is 1. The molecule has 0 aromatic heterocycles. The van der Waals surface area contributed by atoms with Gasteiger partial charge in [0, 0.05) is 0 Å². The number of nitrogens with zero attached hydrogens (tertiary/aromatic N) is 5. The summed E-state index contributed by atoms with van der Waals surface area (Å²) in [5, 5.41) is 3.44. The summed E-state index contributed by atoms with van der Waals surface area (Å²) in [7, 11) is 1.29. The molecule has 0 bridgehead atoms. The second kappa shape index (κ2) is 7.34. The van der Waals surface area contributed by atoms with Gasteiger partial charge in [0.25, 0.3) is 11.7 Å². The number of halogens is 3. The summed E-state index contributed by atoms with van der Waals surface area (Å²) in [6, 6.07) is 0. The SMILES string of the molecule is CN1CC[N+](C)=C1C(CN=N)(COS(=O)(=O)C(F)(F)F)C1=[N+](C)CCN1C. The van der Waals surface area contributed by atoms with Crippen molar-refractivity contribution in [1.29, 1.82) is 5.53 Å². The normalized spacial score (nSPS) is 19.5. The van der Waals surface area contributed by atoms with Gasteiger partial charge >= 0.3 is 15.6 Å². The van der Waals surface area contributed by atoms with Crippen molar-refractivity contribution in [3.63, 3.8) is 0 Å². The fraction of sp³-hybridized carbons (Fsp3) is 0.857. The van der Waals surface area contributed by atoms with Crippen molar-refractivity contribution in [3.8, 4) is 0 Å². The molecule has 2 heterocycles. The van der Waals surface area contributed by atoms with Gasteiger partial charge in [-0.15, -0.1) is 0 Å². The molecular weight excluding hydrogens is 389 g/mol. The molecule has 154 valence electrons. The fourth-order valence-corrected chi connectivity index (χ4v) is 4.35. The third-order valence-corrected chi connectivity index (χ3v) is 5.93. The lowest BCUT2D eigenvalue weighted by atomic mass is 9.84. The summed E-state index contributed by atoms with van der Waals surface area (Å²) in [6.07, 6.45) is 0. The number of hydrogen-bond acceptors (Lipinski definition) is 7. The molecular formula is C14H25F3N6O3S+2. The topological polar surface area (TPSA) is 92.1 Å². The fourth-order valence-electron chi connectivity index (χ4n) is 3.86. The van der Waals surface area contributed by atoms with Crippen LogP contribution in [0, 0.1) is 10.9 Å². The maximum Gasteiger partial charge on any atom is 0.523 e. The predicted octanol–water partition coefficient (Wildman–Crippen LogP) is -0.158. The van der Waals surface area contributed by atoms with Crippen LogP contribution < -0.4 is 0 Å². The van der Waals surface area contributed by atoms with Gasteiger partial charge in [0.15, 0.2) is 0 Å². The Bertz CT molecular complexity index is 743. The van der Waals surface area contributed by atoms with Gasteiger partial charge in [-0.2, -0.15) is 26.7 Å². The Morgan fingerprint density at radius 3 is 1.85 bits per heavy atom. The van der Waals surface area contributed by atoms with E-state index in [0.717, 1.165) is 0 Å². The molecule has 0 aromatic carbocycles. The summed E-state index contributed by atoms with van der Waals surface area (Å²) in [6.45, 7) is 1.40. The van der Waals surface area contributed by atoms with Gasteiger partial charge in [0.2, 0.25) is 5.41 Å². The van der Waals surface area contributed by atoms with Gasteiger partial charge in [-0.1, -0.05) is 0 Å². The van der Waals surface area contributed by atoms with Crippen molar-refractivity contribution in [2.45, 2.75) is 5.51 Å². The minimum atomic E-state index is -5.78. The summed E-state index contributed by atoms with van der Waals surface area (Å²) in [5.41, 5.74) is 0.536. The van der Waals surface area contributed by atoms with Gasteiger partial charge in [-0.25, -0.2) is 5.53 Å². The van der Waals surface area contributed by atoms with Crippen LogP contribution in [0.4, 0.5) is 13.2 Å². The Hall–Kier alpha value is -1.76. The molecule has 2 aliphatic heterocycles. The average molecular weight is 414 g/mol. The minimum Gasteiger partial charge on any atom is -0.263 e. The van der Waals surface area contributed by atoms with Crippen LogP contribution in [0.3, 0.4) is 0 Å². The zero-order chi connectivity index (χ0) is 20.6. The summed E-state index contributed by atoms with van der Waals surface area (Å²) < 4.78 is 69.8. The van der Waals surface area contributed by atoms with Crippen LogP contribution in [-0.2, 0) is 14.3 Å². The van der Waals surface area contributed by atoms with Gasteiger partial charge in [-0.05, 0) is 0 Å². The molecule has 13 heteroatoms. The first-order chi connectivity index (χ1) is 12.4. The Balaban J connectivity index is 2.62. The third-order valence-electron chi connectivity index (χ3n) is 4.94. The molecule has 2 aliphatic rings. The molecule has 0 atom stereocenters. The molecule has 0 saturated carbocycles. The first-order valence-corrected chi connectivity index (χ1v) is 9.66. The number of alkyl halides is 3. The van der Waals surface area contributed by atoms with Crippen LogP contribution in [0.2, 0.25) is 0 Å². The van der Waals surface area contributed by atoms with Crippen molar-refractivity contribution in [1.82, 2.24) is 9.80 Å². The van der Waals surface area contributed by atoms with E-state index in [2.05, 4.69) is 9.30 Å². The van der Waals surface area contributed by atoms with Gasteiger partial charge in [0.05, 0.1) is 41.3 Å². The van der Waals surface area contributed by atoms with Crippen LogP contribution in [-0.4, -0.2) is 112 Å². The Morgan fingerprint density at radius 2 is 1.56 bits per heavy atom. The highest BCUT2D eigenvalue weighted by molar-refractivity contribution is 7.87. The molecule has 2 rings (SSSR count). The second-order valence-corrected chi connectivity index (χ2v) is 8.50. The third kappa shape index (κ3) is 3.79. The van der Waals surface area contributed by atoms with E-state index in [-0.39, 0.29) is 6.54 Å². The van der Waals surface area contributed by atoms with Crippen molar-refractivity contribution in [2.24, 2.45) is 10.5 Å². The lowest BCUT2D eigenvalue weighted by Gasteiger charge is -2.31. The van der Waals surface area contributed by atoms with Crippen molar-refractivity contribution >= 4 is 21.8 Å². The molecule has 0 spiro atoms. The summed E-state index contributed by atoms with van der Waals surface area (Å²) >= 11 is 0. The van der Waals surface area contributed by atoms with Gasteiger partial charge in [0.1, 0.15) is 26.2 Å². The molecule has 27 heavy (non-hydrogen) atoms. The van der Waals surface area contributed by atoms with E-state index in [1.54, 1.807) is 28.2 Å². The standard InChI is InChI=1S/C14H25F3N6O3S/c1-20-5-6-21(2)11(20)13(9-19-18,12-22(3)7-8-23(12)4)10-26-27(24,25)14(15,16)17/h18H,5-10H2,1-4H3/q+2. The maximum absolute atomic E-state index is 12.8. The highest BCUT2D eigenvalue weighted by Crippen LogP contribution is 2.33. The highest BCUT2D eigenvalue weighted by atomic mass is 32.2.